The highest BCUT2D eigenvalue weighted by atomic mass is 19.1. The minimum absolute atomic E-state index is 0.0190. The third kappa shape index (κ3) is 5.78. The second-order valence-corrected chi connectivity index (χ2v) is 6.24. The zero-order chi connectivity index (χ0) is 17.4. The molecule has 2 aromatic rings. The molecule has 0 aliphatic carbocycles. The molecule has 2 aromatic carbocycles. The lowest BCUT2D eigenvalue weighted by Gasteiger charge is -2.22. The highest BCUT2D eigenvalue weighted by Crippen LogP contribution is 2.21. The first-order valence-electron chi connectivity index (χ1n) is 8.35. The van der Waals surface area contributed by atoms with Gasteiger partial charge in [0.05, 0.1) is 6.54 Å². The van der Waals surface area contributed by atoms with Crippen LogP contribution in [0.5, 0.6) is 0 Å². The molecule has 0 saturated carbocycles. The molecule has 0 aliphatic rings. The van der Waals surface area contributed by atoms with Gasteiger partial charge < -0.3 is 10.6 Å². The minimum Gasteiger partial charge on any atom is -0.355 e. The summed E-state index contributed by atoms with van der Waals surface area (Å²) in [5.74, 6) is 0.0196. The van der Waals surface area contributed by atoms with E-state index in [-0.39, 0.29) is 24.3 Å². The van der Waals surface area contributed by atoms with Crippen molar-refractivity contribution in [2.24, 2.45) is 5.92 Å². The lowest BCUT2D eigenvalue weighted by Crippen LogP contribution is -2.38. The van der Waals surface area contributed by atoms with Crippen LogP contribution in [0, 0.1) is 11.7 Å². The SMILES string of the molecule is CC(C)C(NCC(=O)NCCc1ccccc1)c1ccc(F)cc1. The number of halogens is 1. The Morgan fingerprint density at radius 2 is 1.71 bits per heavy atom. The zero-order valence-electron chi connectivity index (χ0n) is 14.3. The summed E-state index contributed by atoms with van der Waals surface area (Å²) in [4.78, 5) is 12.0. The van der Waals surface area contributed by atoms with Crippen LogP contribution in [-0.4, -0.2) is 19.0 Å². The van der Waals surface area contributed by atoms with Gasteiger partial charge in [0.2, 0.25) is 5.91 Å². The average molecular weight is 328 g/mol. The average Bonchev–Trinajstić information content (AvgIpc) is 2.57. The van der Waals surface area contributed by atoms with Crippen molar-refractivity contribution in [2.75, 3.05) is 13.1 Å². The van der Waals surface area contributed by atoms with Gasteiger partial charge in [0, 0.05) is 12.6 Å². The Hall–Kier alpha value is -2.20. The van der Waals surface area contributed by atoms with Crippen LogP contribution in [0.25, 0.3) is 0 Å². The molecule has 0 bridgehead atoms. The van der Waals surface area contributed by atoms with Crippen molar-refractivity contribution >= 4 is 5.91 Å². The molecule has 0 saturated heterocycles. The largest absolute Gasteiger partial charge is 0.355 e. The van der Waals surface area contributed by atoms with Crippen LogP contribution in [0.1, 0.15) is 31.0 Å². The van der Waals surface area contributed by atoms with E-state index in [9.17, 15) is 9.18 Å². The minimum atomic E-state index is -0.250. The number of nitrogens with one attached hydrogen (secondary N) is 2. The molecule has 2 rings (SSSR count). The van der Waals surface area contributed by atoms with Gasteiger partial charge in [-0.3, -0.25) is 4.79 Å². The Morgan fingerprint density at radius 3 is 2.33 bits per heavy atom. The van der Waals surface area contributed by atoms with Crippen molar-refractivity contribution in [1.82, 2.24) is 10.6 Å². The Labute approximate surface area is 143 Å². The first-order chi connectivity index (χ1) is 11.6. The van der Waals surface area contributed by atoms with Gasteiger partial charge in [-0.1, -0.05) is 56.3 Å². The van der Waals surface area contributed by atoms with Gasteiger partial charge in [0.25, 0.3) is 0 Å². The number of carbonyl (C=O) groups is 1. The smallest absolute Gasteiger partial charge is 0.233 e. The third-order valence-electron chi connectivity index (χ3n) is 3.96. The van der Waals surface area contributed by atoms with Crippen LogP contribution < -0.4 is 10.6 Å². The molecular formula is C20H25FN2O. The van der Waals surface area contributed by atoms with Crippen molar-refractivity contribution in [1.29, 1.82) is 0 Å². The Morgan fingerprint density at radius 1 is 1.04 bits per heavy atom. The van der Waals surface area contributed by atoms with Crippen molar-refractivity contribution in [3.8, 4) is 0 Å². The molecule has 1 amide bonds. The Bertz CT molecular complexity index is 626. The predicted molar refractivity (Wildman–Crippen MR) is 95.1 cm³/mol. The maximum Gasteiger partial charge on any atom is 0.233 e. The van der Waals surface area contributed by atoms with Gasteiger partial charge in [-0.2, -0.15) is 0 Å². The van der Waals surface area contributed by atoms with Gasteiger partial charge in [-0.05, 0) is 35.6 Å². The van der Waals surface area contributed by atoms with E-state index in [1.165, 1.54) is 17.7 Å². The van der Waals surface area contributed by atoms with E-state index in [0.717, 1.165) is 12.0 Å². The van der Waals surface area contributed by atoms with Crippen LogP contribution in [0.4, 0.5) is 4.39 Å². The molecule has 1 atom stereocenters. The van der Waals surface area contributed by atoms with E-state index in [1.807, 2.05) is 30.3 Å². The maximum atomic E-state index is 13.1. The van der Waals surface area contributed by atoms with Gasteiger partial charge in [-0.25, -0.2) is 4.39 Å². The van der Waals surface area contributed by atoms with Crippen LogP contribution in [0.3, 0.4) is 0 Å². The molecule has 0 radical (unpaired) electrons. The molecule has 0 heterocycles. The highest BCUT2D eigenvalue weighted by molar-refractivity contribution is 5.78. The number of rotatable bonds is 8. The molecule has 3 nitrogen and oxygen atoms in total. The first-order valence-corrected chi connectivity index (χ1v) is 8.35. The van der Waals surface area contributed by atoms with E-state index < -0.39 is 0 Å². The summed E-state index contributed by atoms with van der Waals surface area (Å²) >= 11 is 0. The fourth-order valence-corrected chi connectivity index (χ4v) is 2.66. The summed E-state index contributed by atoms with van der Waals surface area (Å²) in [5, 5.41) is 6.19. The highest BCUT2D eigenvalue weighted by Gasteiger charge is 2.16. The van der Waals surface area contributed by atoms with Crippen LogP contribution in [-0.2, 0) is 11.2 Å². The molecule has 24 heavy (non-hydrogen) atoms. The van der Waals surface area contributed by atoms with Gasteiger partial charge >= 0.3 is 0 Å². The lowest BCUT2D eigenvalue weighted by atomic mass is 9.96. The van der Waals surface area contributed by atoms with E-state index in [0.29, 0.717) is 12.5 Å². The predicted octanol–water partition coefficient (Wildman–Crippen LogP) is 3.47. The number of benzene rings is 2. The monoisotopic (exact) mass is 328 g/mol. The van der Waals surface area contributed by atoms with Crippen LogP contribution in [0.2, 0.25) is 0 Å². The number of hydrogen-bond donors (Lipinski definition) is 2. The normalized spacial score (nSPS) is 12.2. The van der Waals surface area contributed by atoms with Gasteiger partial charge in [0.1, 0.15) is 5.82 Å². The molecule has 0 aromatic heterocycles. The van der Waals surface area contributed by atoms with Gasteiger partial charge in [-0.15, -0.1) is 0 Å². The summed E-state index contributed by atoms with van der Waals surface area (Å²) in [6.45, 7) is 5.02. The quantitative estimate of drug-likeness (QED) is 0.779. The number of carbonyl (C=O) groups excluding carboxylic acids is 1. The molecule has 4 heteroatoms. The van der Waals surface area contributed by atoms with Crippen molar-refractivity contribution < 1.29 is 9.18 Å². The summed E-state index contributed by atoms with van der Waals surface area (Å²) in [6.07, 6.45) is 0.818. The van der Waals surface area contributed by atoms with Crippen LogP contribution in [0.15, 0.2) is 54.6 Å². The van der Waals surface area contributed by atoms with E-state index in [1.54, 1.807) is 12.1 Å². The molecular weight excluding hydrogens is 303 g/mol. The number of hydrogen-bond acceptors (Lipinski definition) is 2. The van der Waals surface area contributed by atoms with Crippen molar-refractivity contribution in [3.63, 3.8) is 0 Å². The zero-order valence-corrected chi connectivity index (χ0v) is 14.3. The summed E-state index contributed by atoms with van der Waals surface area (Å²) < 4.78 is 13.1. The maximum absolute atomic E-state index is 13.1. The molecule has 128 valence electrons. The molecule has 2 N–H and O–H groups in total. The third-order valence-corrected chi connectivity index (χ3v) is 3.96. The number of amides is 1. The second-order valence-electron chi connectivity index (χ2n) is 6.24. The standard InChI is InChI=1S/C20H25FN2O/c1-15(2)20(17-8-10-18(21)11-9-17)23-14-19(24)22-13-12-16-6-4-3-5-7-16/h3-11,15,20,23H,12-14H2,1-2H3,(H,22,24). The van der Waals surface area contributed by atoms with Crippen molar-refractivity contribution in [3.05, 3.63) is 71.5 Å². The fraction of sp³-hybridized carbons (Fsp3) is 0.350. The Balaban J connectivity index is 1.79. The second kappa shape index (κ2) is 9.18. The van der Waals surface area contributed by atoms with Crippen molar-refractivity contribution in [2.45, 2.75) is 26.3 Å². The molecule has 0 aliphatic heterocycles. The van der Waals surface area contributed by atoms with Crippen LogP contribution >= 0.6 is 0 Å². The summed E-state index contributed by atoms with van der Waals surface area (Å²) in [7, 11) is 0. The summed E-state index contributed by atoms with van der Waals surface area (Å²) in [5.41, 5.74) is 2.20. The Kier molecular flexibility index (Phi) is 6.94. The topological polar surface area (TPSA) is 41.1 Å². The summed E-state index contributed by atoms with van der Waals surface area (Å²) in [6, 6.07) is 16.5. The fourth-order valence-electron chi connectivity index (χ4n) is 2.66. The first kappa shape index (κ1) is 18.1. The molecule has 0 fully saturated rings. The van der Waals surface area contributed by atoms with E-state index in [2.05, 4.69) is 24.5 Å². The van der Waals surface area contributed by atoms with E-state index >= 15 is 0 Å². The van der Waals surface area contributed by atoms with Gasteiger partial charge in [0.15, 0.2) is 0 Å². The molecule has 1 unspecified atom stereocenters. The molecule has 0 spiro atoms. The lowest BCUT2D eigenvalue weighted by molar-refractivity contribution is -0.120. The van der Waals surface area contributed by atoms with E-state index in [4.69, 9.17) is 0 Å².